The van der Waals surface area contributed by atoms with Crippen molar-refractivity contribution in [3.8, 4) is 0 Å². The van der Waals surface area contributed by atoms with Crippen LogP contribution in [0.5, 0.6) is 0 Å². The van der Waals surface area contributed by atoms with E-state index in [1.54, 1.807) is 13.0 Å². The second-order valence-corrected chi connectivity index (χ2v) is 8.54. The zero-order valence-corrected chi connectivity index (χ0v) is 13.0. The van der Waals surface area contributed by atoms with Gasteiger partial charge in [-0.3, -0.25) is 0 Å². The number of halogens is 2. The molecule has 0 saturated heterocycles. The normalized spacial score (nSPS) is 15.8. The highest BCUT2D eigenvalue weighted by Gasteiger charge is 2.29. The smallest absolute Gasteiger partial charge is 0.151 e. The summed E-state index contributed by atoms with van der Waals surface area (Å²) in [4.78, 5) is 0. The SMILES string of the molecule is CCNC(c1cc(Cl)sc1Cl)C(C)S(C)(=O)=O. The summed E-state index contributed by atoms with van der Waals surface area (Å²) < 4.78 is 24.4. The second kappa shape index (κ2) is 5.89. The molecular formula is C10H15Cl2NO2S2. The van der Waals surface area contributed by atoms with Gasteiger partial charge >= 0.3 is 0 Å². The molecule has 0 aliphatic carbocycles. The highest BCUT2D eigenvalue weighted by atomic mass is 35.5. The minimum Gasteiger partial charge on any atom is -0.309 e. The first-order valence-corrected chi connectivity index (χ1v) is 8.67. The molecule has 0 saturated carbocycles. The van der Waals surface area contributed by atoms with Crippen molar-refractivity contribution in [1.82, 2.24) is 5.32 Å². The van der Waals surface area contributed by atoms with Gasteiger partial charge in [0.25, 0.3) is 0 Å². The molecule has 2 atom stereocenters. The maximum Gasteiger partial charge on any atom is 0.151 e. The predicted octanol–water partition coefficient (Wildman–Crippen LogP) is 3.14. The van der Waals surface area contributed by atoms with Crippen molar-refractivity contribution in [2.24, 2.45) is 0 Å². The summed E-state index contributed by atoms with van der Waals surface area (Å²) in [6, 6.07) is 1.40. The summed E-state index contributed by atoms with van der Waals surface area (Å²) in [5.41, 5.74) is 0.751. The fourth-order valence-electron chi connectivity index (χ4n) is 1.56. The van der Waals surface area contributed by atoms with Crippen LogP contribution in [0.4, 0.5) is 0 Å². The largest absolute Gasteiger partial charge is 0.309 e. The van der Waals surface area contributed by atoms with E-state index in [4.69, 9.17) is 23.2 Å². The van der Waals surface area contributed by atoms with Crippen molar-refractivity contribution in [3.05, 3.63) is 20.3 Å². The van der Waals surface area contributed by atoms with E-state index in [9.17, 15) is 8.42 Å². The van der Waals surface area contributed by atoms with Crippen LogP contribution in [-0.2, 0) is 9.84 Å². The van der Waals surface area contributed by atoms with Crippen LogP contribution in [0, 0.1) is 0 Å². The average molecular weight is 316 g/mol. The summed E-state index contributed by atoms with van der Waals surface area (Å²) >= 11 is 13.2. The molecule has 0 aromatic carbocycles. The molecule has 0 spiro atoms. The van der Waals surface area contributed by atoms with Crippen LogP contribution in [0.1, 0.15) is 25.5 Å². The van der Waals surface area contributed by atoms with Gasteiger partial charge in [0.1, 0.15) is 0 Å². The number of hydrogen-bond donors (Lipinski definition) is 1. The van der Waals surface area contributed by atoms with Crippen LogP contribution in [0.15, 0.2) is 6.07 Å². The van der Waals surface area contributed by atoms with Gasteiger partial charge in [-0.2, -0.15) is 0 Å². The zero-order valence-electron chi connectivity index (χ0n) is 9.83. The number of hydrogen-bond acceptors (Lipinski definition) is 4. The van der Waals surface area contributed by atoms with Crippen LogP contribution in [-0.4, -0.2) is 26.5 Å². The Kier molecular flexibility index (Phi) is 5.28. The van der Waals surface area contributed by atoms with E-state index in [0.717, 1.165) is 5.56 Å². The van der Waals surface area contributed by atoms with Crippen LogP contribution in [0.3, 0.4) is 0 Å². The van der Waals surface area contributed by atoms with Crippen molar-refractivity contribution in [1.29, 1.82) is 0 Å². The molecule has 0 bridgehead atoms. The first-order chi connectivity index (χ1) is 7.77. The van der Waals surface area contributed by atoms with E-state index in [2.05, 4.69) is 5.32 Å². The Bertz CT molecular complexity index is 484. The van der Waals surface area contributed by atoms with Gasteiger partial charge in [-0.15, -0.1) is 11.3 Å². The minimum absolute atomic E-state index is 0.328. The monoisotopic (exact) mass is 315 g/mol. The first-order valence-electron chi connectivity index (χ1n) is 5.14. The quantitative estimate of drug-likeness (QED) is 0.908. The van der Waals surface area contributed by atoms with Crippen molar-refractivity contribution in [2.75, 3.05) is 12.8 Å². The molecule has 3 nitrogen and oxygen atoms in total. The zero-order chi connectivity index (χ0) is 13.2. The lowest BCUT2D eigenvalue weighted by Gasteiger charge is -2.23. The number of thiophene rings is 1. The standard InChI is InChI=1S/C10H15Cl2NO2S2/c1-4-13-9(6(2)17(3,14)15)7-5-8(11)16-10(7)12/h5-6,9,13H,4H2,1-3H3. The molecule has 0 amide bonds. The summed E-state index contributed by atoms with van der Waals surface area (Å²) in [6.45, 7) is 4.25. The lowest BCUT2D eigenvalue weighted by molar-refractivity contribution is 0.514. The number of rotatable bonds is 5. The van der Waals surface area contributed by atoms with Gasteiger partial charge in [0.15, 0.2) is 9.84 Å². The van der Waals surface area contributed by atoms with Crippen molar-refractivity contribution >= 4 is 44.4 Å². The highest BCUT2D eigenvalue weighted by Crippen LogP contribution is 2.37. The molecule has 0 aliphatic rings. The Labute approximate surface area is 116 Å². The maximum absolute atomic E-state index is 11.6. The molecule has 0 fully saturated rings. The van der Waals surface area contributed by atoms with Gasteiger partial charge in [-0.25, -0.2) is 8.42 Å². The predicted molar refractivity (Wildman–Crippen MR) is 75.1 cm³/mol. The summed E-state index contributed by atoms with van der Waals surface area (Å²) in [5, 5.41) is 2.59. The summed E-state index contributed by atoms with van der Waals surface area (Å²) in [5.74, 6) is 0. The molecular weight excluding hydrogens is 301 g/mol. The number of nitrogens with one attached hydrogen (secondary N) is 1. The topological polar surface area (TPSA) is 46.2 Å². The average Bonchev–Trinajstić information content (AvgIpc) is 2.52. The van der Waals surface area contributed by atoms with E-state index in [1.807, 2.05) is 6.92 Å². The van der Waals surface area contributed by atoms with Crippen molar-refractivity contribution < 1.29 is 8.42 Å². The lowest BCUT2D eigenvalue weighted by Crippen LogP contribution is -2.34. The molecule has 1 aromatic rings. The van der Waals surface area contributed by atoms with Crippen LogP contribution in [0.2, 0.25) is 8.67 Å². The van der Waals surface area contributed by atoms with E-state index in [0.29, 0.717) is 15.2 Å². The molecule has 7 heteroatoms. The van der Waals surface area contributed by atoms with E-state index < -0.39 is 15.1 Å². The van der Waals surface area contributed by atoms with Gasteiger partial charge in [0.2, 0.25) is 0 Å². The van der Waals surface area contributed by atoms with E-state index in [1.165, 1.54) is 17.6 Å². The lowest BCUT2D eigenvalue weighted by atomic mass is 10.1. The summed E-state index contributed by atoms with van der Waals surface area (Å²) in [7, 11) is -3.14. The molecule has 2 unspecified atom stereocenters. The Morgan fingerprint density at radius 3 is 2.41 bits per heavy atom. The molecule has 0 radical (unpaired) electrons. The molecule has 17 heavy (non-hydrogen) atoms. The molecule has 98 valence electrons. The van der Waals surface area contributed by atoms with Crippen LogP contribution >= 0.6 is 34.5 Å². The van der Waals surface area contributed by atoms with Gasteiger partial charge in [0, 0.05) is 11.8 Å². The summed E-state index contributed by atoms with van der Waals surface area (Å²) in [6.07, 6.45) is 1.23. The second-order valence-electron chi connectivity index (χ2n) is 3.85. The third kappa shape index (κ3) is 3.83. The molecule has 1 aromatic heterocycles. The van der Waals surface area contributed by atoms with E-state index >= 15 is 0 Å². The van der Waals surface area contributed by atoms with Crippen molar-refractivity contribution in [3.63, 3.8) is 0 Å². The van der Waals surface area contributed by atoms with Gasteiger partial charge in [0.05, 0.1) is 20.0 Å². The van der Waals surface area contributed by atoms with E-state index in [-0.39, 0.29) is 6.04 Å². The van der Waals surface area contributed by atoms with Crippen LogP contribution in [0.25, 0.3) is 0 Å². The Morgan fingerprint density at radius 1 is 1.47 bits per heavy atom. The number of sulfone groups is 1. The third-order valence-corrected chi connectivity index (χ3v) is 5.73. The first kappa shape index (κ1) is 15.2. The Hall–Kier alpha value is 0.190. The highest BCUT2D eigenvalue weighted by molar-refractivity contribution is 7.91. The maximum atomic E-state index is 11.6. The van der Waals surface area contributed by atoms with Gasteiger partial charge in [-0.1, -0.05) is 30.1 Å². The molecule has 1 heterocycles. The minimum atomic E-state index is -3.14. The van der Waals surface area contributed by atoms with Gasteiger partial charge in [-0.05, 0) is 19.5 Å². The van der Waals surface area contributed by atoms with Gasteiger partial charge < -0.3 is 5.32 Å². The Morgan fingerprint density at radius 2 is 2.06 bits per heavy atom. The van der Waals surface area contributed by atoms with Crippen LogP contribution < -0.4 is 5.32 Å². The fourth-order valence-corrected chi connectivity index (χ4v) is 3.85. The molecule has 1 rings (SSSR count). The fraction of sp³-hybridized carbons (Fsp3) is 0.600. The molecule has 0 aliphatic heterocycles. The third-order valence-electron chi connectivity index (χ3n) is 2.59. The Balaban J connectivity index is 3.14. The van der Waals surface area contributed by atoms with Crippen molar-refractivity contribution in [2.45, 2.75) is 25.1 Å². The molecule has 1 N–H and O–H groups in total.